The molecule has 0 unspecified atom stereocenters. The molecule has 5 nitrogen and oxygen atoms in total. The molecule has 0 amide bonds. The van der Waals surface area contributed by atoms with Crippen molar-refractivity contribution in [2.45, 2.75) is 25.5 Å². The third kappa shape index (κ3) is 4.95. The van der Waals surface area contributed by atoms with Crippen LogP contribution in [0, 0.1) is 12.7 Å². The van der Waals surface area contributed by atoms with Gasteiger partial charge in [0.15, 0.2) is 0 Å². The largest absolute Gasteiger partial charge is 0.283 e. The monoisotopic (exact) mass is 311 g/mol. The molecular weight excluding hydrogens is 293 g/mol. The summed E-state index contributed by atoms with van der Waals surface area (Å²) >= 11 is 0. The van der Waals surface area contributed by atoms with Gasteiger partial charge >= 0.3 is 0 Å². The fraction of sp³-hybridized carbons (Fsp3) is 0.357. The molecule has 1 heterocycles. The van der Waals surface area contributed by atoms with Gasteiger partial charge in [0.1, 0.15) is 5.82 Å². The van der Waals surface area contributed by atoms with Crippen molar-refractivity contribution in [3.05, 3.63) is 53.1 Å². The smallest absolute Gasteiger partial charge is 0.215 e. The van der Waals surface area contributed by atoms with Crippen molar-refractivity contribution in [3.63, 3.8) is 0 Å². The Morgan fingerprint density at radius 3 is 2.62 bits per heavy atom. The van der Waals surface area contributed by atoms with Gasteiger partial charge in [0.25, 0.3) is 0 Å². The lowest BCUT2D eigenvalue weighted by Gasteiger charge is -2.06. The van der Waals surface area contributed by atoms with E-state index in [2.05, 4.69) is 14.9 Å². The van der Waals surface area contributed by atoms with Gasteiger partial charge in [-0.05, 0) is 43.0 Å². The summed E-state index contributed by atoms with van der Waals surface area (Å²) in [5, 5.41) is 6.76. The number of aryl methyl sites for hydroxylation is 2. The van der Waals surface area contributed by atoms with E-state index in [-0.39, 0.29) is 11.6 Å². The highest BCUT2D eigenvalue weighted by Gasteiger charge is 2.11. The molecule has 1 aromatic heterocycles. The summed E-state index contributed by atoms with van der Waals surface area (Å²) in [6.45, 7) is 2.30. The van der Waals surface area contributed by atoms with Crippen molar-refractivity contribution in [1.82, 2.24) is 14.9 Å². The van der Waals surface area contributed by atoms with Crippen LogP contribution in [0.5, 0.6) is 0 Å². The maximum Gasteiger partial charge on any atom is 0.215 e. The van der Waals surface area contributed by atoms with Crippen molar-refractivity contribution in [1.29, 1.82) is 0 Å². The summed E-state index contributed by atoms with van der Waals surface area (Å²) in [6.07, 6.45) is 3.22. The molecule has 0 aliphatic carbocycles. The molecule has 0 radical (unpaired) electrons. The molecule has 0 spiro atoms. The average molecular weight is 311 g/mol. The molecule has 2 aromatic rings. The highest BCUT2D eigenvalue weighted by molar-refractivity contribution is 7.88. The van der Waals surface area contributed by atoms with Crippen molar-refractivity contribution in [2.24, 2.45) is 0 Å². The van der Waals surface area contributed by atoms with E-state index >= 15 is 0 Å². The van der Waals surface area contributed by atoms with Crippen LogP contribution in [-0.2, 0) is 22.2 Å². The topological polar surface area (TPSA) is 74.8 Å². The minimum Gasteiger partial charge on any atom is -0.283 e. The van der Waals surface area contributed by atoms with Crippen LogP contribution in [0.15, 0.2) is 30.5 Å². The molecular formula is C14H18FN3O2S. The number of hydrogen-bond donors (Lipinski definition) is 2. The number of benzene rings is 1. The Balaban J connectivity index is 1.79. The van der Waals surface area contributed by atoms with E-state index < -0.39 is 10.0 Å². The van der Waals surface area contributed by atoms with E-state index in [9.17, 15) is 12.8 Å². The van der Waals surface area contributed by atoms with Crippen LogP contribution in [-0.4, -0.2) is 25.2 Å². The van der Waals surface area contributed by atoms with Crippen LogP contribution in [0.3, 0.4) is 0 Å². The Morgan fingerprint density at radius 2 is 2.00 bits per heavy atom. The number of rotatable bonds is 7. The van der Waals surface area contributed by atoms with E-state index in [0.29, 0.717) is 18.5 Å². The van der Waals surface area contributed by atoms with Crippen molar-refractivity contribution >= 4 is 10.0 Å². The Bertz CT molecular complexity index is 680. The molecule has 2 rings (SSSR count). The minimum absolute atomic E-state index is 0.141. The molecule has 21 heavy (non-hydrogen) atoms. The summed E-state index contributed by atoms with van der Waals surface area (Å²) < 4.78 is 39.1. The molecule has 0 aliphatic rings. The number of aromatic amines is 1. The predicted molar refractivity (Wildman–Crippen MR) is 78.7 cm³/mol. The third-order valence-corrected chi connectivity index (χ3v) is 4.51. The van der Waals surface area contributed by atoms with Gasteiger partial charge in [-0.3, -0.25) is 5.10 Å². The zero-order chi connectivity index (χ0) is 15.3. The molecule has 0 atom stereocenters. The van der Waals surface area contributed by atoms with Gasteiger partial charge in [-0.25, -0.2) is 17.5 Å². The Kier molecular flexibility index (Phi) is 5.08. The lowest BCUT2D eigenvalue weighted by molar-refractivity contribution is 0.577. The number of halogens is 1. The zero-order valence-corrected chi connectivity index (χ0v) is 12.6. The van der Waals surface area contributed by atoms with Gasteiger partial charge in [0.2, 0.25) is 10.0 Å². The first-order valence-corrected chi connectivity index (χ1v) is 8.32. The van der Waals surface area contributed by atoms with Crippen LogP contribution in [0.2, 0.25) is 0 Å². The SMILES string of the molecule is Cc1[nH]ncc1CCCNS(=O)(=O)Cc1ccc(F)cc1. The van der Waals surface area contributed by atoms with Gasteiger partial charge in [-0.15, -0.1) is 0 Å². The van der Waals surface area contributed by atoms with Gasteiger partial charge < -0.3 is 0 Å². The first kappa shape index (κ1) is 15.7. The summed E-state index contributed by atoms with van der Waals surface area (Å²) in [5.41, 5.74) is 2.66. The number of sulfonamides is 1. The van der Waals surface area contributed by atoms with Crippen molar-refractivity contribution in [3.8, 4) is 0 Å². The van der Waals surface area contributed by atoms with E-state index in [1.54, 1.807) is 6.20 Å². The van der Waals surface area contributed by atoms with Gasteiger partial charge in [0, 0.05) is 12.2 Å². The van der Waals surface area contributed by atoms with Crippen LogP contribution in [0.25, 0.3) is 0 Å². The quantitative estimate of drug-likeness (QED) is 0.767. The molecule has 0 aliphatic heterocycles. The summed E-state index contributed by atoms with van der Waals surface area (Å²) in [7, 11) is -3.39. The highest BCUT2D eigenvalue weighted by atomic mass is 32.2. The Hall–Kier alpha value is -1.73. The lowest BCUT2D eigenvalue weighted by atomic mass is 10.1. The molecule has 0 saturated carbocycles. The highest BCUT2D eigenvalue weighted by Crippen LogP contribution is 2.08. The van der Waals surface area contributed by atoms with Crippen LogP contribution in [0.1, 0.15) is 23.2 Å². The Morgan fingerprint density at radius 1 is 1.29 bits per heavy atom. The second-order valence-corrected chi connectivity index (χ2v) is 6.71. The summed E-state index contributed by atoms with van der Waals surface area (Å²) in [6, 6.07) is 5.46. The molecule has 7 heteroatoms. The number of nitrogens with zero attached hydrogens (tertiary/aromatic N) is 1. The van der Waals surface area contributed by atoms with Gasteiger partial charge in [-0.1, -0.05) is 12.1 Å². The maximum absolute atomic E-state index is 12.8. The molecule has 0 bridgehead atoms. The minimum atomic E-state index is -3.39. The second kappa shape index (κ2) is 6.82. The first-order valence-electron chi connectivity index (χ1n) is 6.67. The van der Waals surface area contributed by atoms with E-state index in [1.165, 1.54) is 24.3 Å². The lowest BCUT2D eigenvalue weighted by Crippen LogP contribution is -2.26. The maximum atomic E-state index is 12.8. The van der Waals surface area contributed by atoms with Crippen LogP contribution >= 0.6 is 0 Å². The standard InChI is InChI=1S/C14H18FN3O2S/c1-11-13(9-16-18-11)3-2-8-17-21(19,20)10-12-4-6-14(15)7-5-12/h4-7,9,17H,2-3,8,10H2,1H3,(H,16,18). The van der Waals surface area contributed by atoms with E-state index in [1.807, 2.05) is 6.92 Å². The van der Waals surface area contributed by atoms with E-state index in [0.717, 1.165) is 17.7 Å². The average Bonchev–Trinajstić information content (AvgIpc) is 2.83. The van der Waals surface area contributed by atoms with Gasteiger partial charge in [0.05, 0.1) is 11.9 Å². The first-order chi connectivity index (χ1) is 9.96. The predicted octanol–water partition coefficient (Wildman–Crippen LogP) is 1.91. The number of aromatic nitrogens is 2. The number of nitrogens with one attached hydrogen (secondary N) is 2. The van der Waals surface area contributed by atoms with Crippen molar-refractivity contribution < 1.29 is 12.8 Å². The molecule has 1 aromatic carbocycles. The van der Waals surface area contributed by atoms with Crippen molar-refractivity contribution in [2.75, 3.05) is 6.54 Å². The zero-order valence-electron chi connectivity index (χ0n) is 11.8. The Labute approximate surface area is 123 Å². The molecule has 0 fully saturated rings. The molecule has 2 N–H and O–H groups in total. The second-order valence-electron chi connectivity index (χ2n) is 4.90. The number of H-pyrrole nitrogens is 1. The third-order valence-electron chi connectivity index (χ3n) is 3.15. The van der Waals surface area contributed by atoms with Crippen LogP contribution in [0.4, 0.5) is 4.39 Å². The summed E-state index contributed by atoms with van der Waals surface area (Å²) in [5.74, 6) is -0.516. The molecule has 0 saturated heterocycles. The normalized spacial score (nSPS) is 11.7. The number of hydrogen-bond acceptors (Lipinski definition) is 3. The van der Waals surface area contributed by atoms with Crippen LogP contribution < -0.4 is 4.72 Å². The fourth-order valence-corrected chi connectivity index (χ4v) is 3.17. The van der Waals surface area contributed by atoms with Gasteiger partial charge in [-0.2, -0.15) is 5.10 Å². The summed E-state index contributed by atoms with van der Waals surface area (Å²) in [4.78, 5) is 0. The van der Waals surface area contributed by atoms with E-state index in [4.69, 9.17) is 0 Å². The fourth-order valence-electron chi connectivity index (χ4n) is 1.99. The molecule has 114 valence electrons.